The molecular formula is C17H14ClNO3. The molecule has 1 unspecified atom stereocenters. The lowest BCUT2D eigenvalue weighted by Gasteiger charge is -2.14. The average molecular weight is 316 g/mol. The summed E-state index contributed by atoms with van der Waals surface area (Å²) in [6.07, 6.45) is 0. The van der Waals surface area contributed by atoms with Gasteiger partial charge in [0.1, 0.15) is 11.7 Å². The van der Waals surface area contributed by atoms with Crippen molar-refractivity contribution in [3.05, 3.63) is 64.3 Å². The van der Waals surface area contributed by atoms with Gasteiger partial charge in [0, 0.05) is 21.6 Å². The predicted octanol–water partition coefficient (Wildman–Crippen LogP) is 4.05. The van der Waals surface area contributed by atoms with Gasteiger partial charge < -0.3 is 15.2 Å². The highest BCUT2D eigenvalue weighted by Gasteiger charge is 2.27. The van der Waals surface area contributed by atoms with E-state index in [1.54, 1.807) is 42.5 Å². The van der Waals surface area contributed by atoms with Crippen LogP contribution in [0.25, 0.3) is 10.9 Å². The van der Waals surface area contributed by atoms with Crippen LogP contribution in [-0.2, 0) is 4.79 Å². The number of aryl methyl sites for hydroxylation is 1. The summed E-state index contributed by atoms with van der Waals surface area (Å²) in [7, 11) is 0. The maximum atomic E-state index is 11.9. The number of halogens is 1. The van der Waals surface area contributed by atoms with Gasteiger partial charge in [-0.3, -0.25) is 4.79 Å². The van der Waals surface area contributed by atoms with E-state index in [0.717, 1.165) is 11.2 Å². The first-order valence-corrected chi connectivity index (χ1v) is 7.14. The number of aromatic amines is 1. The van der Waals surface area contributed by atoms with Crippen molar-refractivity contribution in [3.63, 3.8) is 0 Å². The van der Waals surface area contributed by atoms with Crippen LogP contribution in [0.3, 0.4) is 0 Å². The van der Waals surface area contributed by atoms with E-state index in [-0.39, 0.29) is 5.75 Å². The number of carbonyl (C=O) groups is 1. The number of hydrogen-bond donors (Lipinski definition) is 3. The Balaban J connectivity index is 2.25. The van der Waals surface area contributed by atoms with Gasteiger partial charge in [0.25, 0.3) is 0 Å². The van der Waals surface area contributed by atoms with Crippen molar-refractivity contribution in [2.45, 2.75) is 12.8 Å². The van der Waals surface area contributed by atoms with Gasteiger partial charge in [-0.1, -0.05) is 23.7 Å². The molecule has 0 amide bonds. The molecule has 0 bridgehead atoms. The highest BCUT2D eigenvalue weighted by Crippen LogP contribution is 2.35. The molecule has 0 aliphatic heterocycles. The van der Waals surface area contributed by atoms with Crippen LogP contribution in [0.2, 0.25) is 5.02 Å². The fraction of sp³-hybridized carbons (Fsp3) is 0.118. The number of rotatable bonds is 3. The van der Waals surface area contributed by atoms with Crippen LogP contribution in [-0.4, -0.2) is 21.2 Å². The van der Waals surface area contributed by atoms with E-state index < -0.39 is 11.9 Å². The van der Waals surface area contributed by atoms with Crippen molar-refractivity contribution in [2.24, 2.45) is 0 Å². The molecule has 0 fully saturated rings. The summed E-state index contributed by atoms with van der Waals surface area (Å²) in [6, 6.07) is 11.7. The maximum Gasteiger partial charge on any atom is 0.315 e. The topological polar surface area (TPSA) is 73.3 Å². The van der Waals surface area contributed by atoms with Gasteiger partial charge >= 0.3 is 5.97 Å². The lowest BCUT2D eigenvalue weighted by Crippen LogP contribution is -2.13. The quantitative estimate of drug-likeness (QED) is 0.682. The van der Waals surface area contributed by atoms with E-state index in [9.17, 15) is 15.0 Å². The number of benzene rings is 2. The lowest BCUT2D eigenvalue weighted by molar-refractivity contribution is -0.137. The summed E-state index contributed by atoms with van der Waals surface area (Å²) >= 11 is 5.88. The van der Waals surface area contributed by atoms with Gasteiger partial charge in [0.15, 0.2) is 0 Å². The molecule has 0 saturated carbocycles. The highest BCUT2D eigenvalue weighted by atomic mass is 35.5. The second-order valence-corrected chi connectivity index (χ2v) is 5.65. The Morgan fingerprint density at radius 1 is 1.18 bits per heavy atom. The molecule has 3 N–H and O–H groups in total. The Hall–Kier alpha value is -2.46. The zero-order valence-corrected chi connectivity index (χ0v) is 12.6. The smallest absolute Gasteiger partial charge is 0.315 e. The molecule has 1 aromatic heterocycles. The second-order valence-electron chi connectivity index (χ2n) is 5.22. The molecule has 3 aromatic rings. The first kappa shape index (κ1) is 14.5. The molecule has 112 valence electrons. The molecule has 0 aliphatic carbocycles. The highest BCUT2D eigenvalue weighted by molar-refractivity contribution is 6.30. The monoisotopic (exact) mass is 315 g/mol. The number of phenolic OH excluding ortho intramolecular Hbond substituents is 1. The molecule has 2 aromatic carbocycles. The van der Waals surface area contributed by atoms with Gasteiger partial charge in [-0.15, -0.1) is 0 Å². The normalized spacial score (nSPS) is 12.5. The van der Waals surface area contributed by atoms with E-state index in [1.165, 1.54) is 0 Å². The summed E-state index contributed by atoms with van der Waals surface area (Å²) in [5.41, 5.74) is 2.86. The van der Waals surface area contributed by atoms with Crippen molar-refractivity contribution in [3.8, 4) is 5.75 Å². The Bertz CT molecular complexity index is 852. The van der Waals surface area contributed by atoms with Gasteiger partial charge in [-0.25, -0.2) is 0 Å². The number of H-pyrrole nitrogens is 1. The second kappa shape index (κ2) is 5.39. The first-order valence-electron chi connectivity index (χ1n) is 6.77. The van der Waals surface area contributed by atoms with E-state index in [2.05, 4.69) is 4.98 Å². The van der Waals surface area contributed by atoms with Crippen molar-refractivity contribution in [1.82, 2.24) is 4.98 Å². The number of hydrogen-bond acceptors (Lipinski definition) is 2. The number of aromatic nitrogens is 1. The summed E-state index contributed by atoms with van der Waals surface area (Å²) in [5, 5.41) is 20.7. The van der Waals surface area contributed by atoms with E-state index in [1.807, 2.05) is 6.92 Å². The van der Waals surface area contributed by atoms with Crippen LogP contribution in [0, 0.1) is 6.92 Å². The third kappa shape index (κ3) is 2.42. The number of phenols is 1. The van der Waals surface area contributed by atoms with E-state index in [0.29, 0.717) is 21.5 Å². The van der Waals surface area contributed by atoms with Crippen LogP contribution in [0.4, 0.5) is 0 Å². The molecule has 4 nitrogen and oxygen atoms in total. The van der Waals surface area contributed by atoms with E-state index >= 15 is 0 Å². The van der Waals surface area contributed by atoms with Gasteiger partial charge in [0.2, 0.25) is 0 Å². The molecular weight excluding hydrogens is 302 g/mol. The largest absolute Gasteiger partial charge is 0.508 e. The summed E-state index contributed by atoms with van der Waals surface area (Å²) in [6.45, 7) is 1.83. The summed E-state index contributed by atoms with van der Waals surface area (Å²) < 4.78 is 0. The predicted molar refractivity (Wildman–Crippen MR) is 85.6 cm³/mol. The zero-order valence-electron chi connectivity index (χ0n) is 11.8. The molecule has 5 heteroatoms. The Labute approximate surface area is 132 Å². The van der Waals surface area contributed by atoms with E-state index in [4.69, 9.17) is 11.6 Å². The van der Waals surface area contributed by atoms with Crippen LogP contribution in [0.15, 0.2) is 42.5 Å². The third-order valence-electron chi connectivity index (χ3n) is 3.76. The first-order chi connectivity index (χ1) is 10.5. The fourth-order valence-corrected chi connectivity index (χ4v) is 2.92. The SMILES string of the molecule is Cc1[nH]c2ccc(O)cc2c1C(C(=O)O)c1ccc(Cl)cc1. The standard InChI is InChI=1S/C17H14ClNO3/c1-9-15(13-8-12(20)6-7-14(13)19-9)16(17(21)22)10-2-4-11(18)5-3-10/h2-8,16,19-20H,1H3,(H,21,22). The van der Waals surface area contributed by atoms with Crippen molar-refractivity contribution in [2.75, 3.05) is 0 Å². The number of carboxylic acid groups (broad SMARTS) is 1. The third-order valence-corrected chi connectivity index (χ3v) is 4.01. The molecule has 0 radical (unpaired) electrons. The minimum atomic E-state index is -0.949. The van der Waals surface area contributed by atoms with Crippen LogP contribution in [0.5, 0.6) is 5.75 Å². The number of aliphatic carboxylic acids is 1. The maximum absolute atomic E-state index is 11.9. The number of carboxylic acids is 1. The molecule has 22 heavy (non-hydrogen) atoms. The number of nitrogens with one attached hydrogen (secondary N) is 1. The summed E-state index contributed by atoms with van der Waals surface area (Å²) in [4.78, 5) is 15.0. The Kier molecular flexibility index (Phi) is 3.54. The summed E-state index contributed by atoms with van der Waals surface area (Å²) in [5.74, 6) is -1.67. The molecule has 0 spiro atoms. The van der Waals surface area contributed by atoms with Crippen molar-refractivity contribution >= 4 is 28.5 Å². The number of fused-ring (bicyclic) bond motifs is 1. The molecule has 0 aliphatic rings. The van der Waals surface area contributed by atoms with Crippen LogP contribution in [0.1, 0.15) is 22.7 Å². The lowest BCUT2D eigenvalue weighted by atomic mass is 9.89. The number of aromatic hydroxyl groups is 1. The average Bonchev–Trinajstić information content (AvgIpc) is 2.77. The molecule has 1 heterocycles. The zero-order chi connectivity index (χ0) is 15.9. The van der Waals surface area contributed by atoms with Crippen molar-refractivity contribution < 1.29 is 15.0 Å². The Morgan fingerprint density at radius 3 is 2.50 bits per heavy atom. The van der Waals surface area contributed by atoms with Crippen LogP contribution < -0.4 is 0 Å². The fourth-order valence-electron chi connectivity index (χ4n) is 2.80. The van der Waals surface area contributed by atoms with Crippen LogP contribution >= 0.6 is 11.6 Å². The van der Waals surface area contributed by atoms with Gasteiger partial charge in [-0.05, 0) is 48.4 Å². The minimum Gasteiger partial charge on any atom is -0.508 e. The molecule has 1 atom stereocenters. The minimum absolute atomic E-state index is 0.105. The van der Waals surface area contributed by atoms with Gasteiger partial charge in [0.05, 0.1) is 0 Å². The van der Waals surface area contributed by atoms with Gasteiger partial charge in [-0.2, -0.15) is 0 Å². The molecule has 0 saturated heterocycles. The van der Waals surface area contributed by atoms with Crippen molar-refractivity contribution in [1.29, 1.82) is 0 Å². The molecule has 3 rings (SSSR count). The Morgan fingerprint density at radius 2 is 1.86 bits per heavy atom.